The molecule has 2 aromatic heterocycles. The molecule has 3 rings (SSSR count). The number of aryl methyl sites for hydroxylation is 2. The summed E-state index contributed by atoms with van der Waals surface area (Å²) in [6.07, 6.45) is 0. The molecule has 1 amide bonds. The third kappa shape index (κ3) is 3.66. The van der Waals surface area contributed by atoms with E-state index >= 15 is 0 Å². The second-order valence-corrected chi connectivity index (χ2v) is 7.42. The van der Waals surface area contributed by atoms with Gasteiger partial charge in [0.15, 0.2) is 0 Å². The number of amides is 1. The highest BCUT2D eigenvalue weighted by Gasteiger charge is 2.23. The van der Waals surface area contributed by atoms with Gasteiger partial charge in [-0.05, 0) is 42.3 Å². The van der Waals surface area contributed by atoms with Crippen molar-refractivity contribution >= 4 is 17.2 Å². The normalized spacial score (nSPS) is 12.4. The lowest BCUT2D eigenvalue weighted by atomic mass is 9.98. The molecular weight excluding hydrogens is 332 g/mol. The molecule has 0 saturated carbocycles. The summed E-state index contributed by atoms with van der Waals surface area (Å²) in [5.41, 5.74) is 3.47. The van der Waals surface area contributed by atoms with Gasteiger partial charge in [0.1, 0.15) is 11.3 Å². The Labute approximate surface area is 151 Å². The van der Waals surface area contributed by atoms with E-state index in [1.807, 2.05) is 17.5 Å². The van der Waals surface area contributed by atoms with Crippen LogP contribution in [-0.4, -0.2) is 11.1 Å². The molecule has 0 fully saturated rings. The van der Waals surface area contributed by atoms with E-state index in [-0.39, 0.29) is 11.9 Å². The van der Waals surface area contributed by atoms with E-state index in [1.165, 1.54) is 5.56 Å². The Kier molecular flexibility index (Phi) is 5.04. The number of carbonyl (C=O) groups excluding carboxylic acids is 1. The van der Waals surface area contributed by atoms with Gasteiger partial charge in [0.25, 0.3) is 5.91 Å². The zero-order chi connectivity index (χ0) is 18.0. The minimum Gasteiger partial charge on any atom is -0.361 e. The van der Waals surface area contributed by atoms with Crippen molar-refractivity contribution in [2.24, 2.45) is 0 Å². The maximum atomic E-state index is 12.8. The van der Waals surface area contributed by atoms with Crippen molar-refractivity contribution in [2.75, 3.05) is 0 Å². The van der Waals surface area contributed by atoms with Crippen molar-refractivity contribution in [1.29, 1.82) is 0 Å². The standard InChI is InChI=1S/C20H22N2O2S/c1-12(2)15-7-9-16(10-8-15)19(17-6-5-11-25-17)21-20(23)18-13(3)22-24-14(18)4/h5-12,19H,1-4H3,(H,21,23). The van der Waals surface area contributed by atoms with Gasteiger partial charge in [-0.3, -0.25) is 4.79 Å². The topological polar surface area (TPSA) is 55.1 Å². The van der Waals surface area contributed by atoms with Crippen molar-refractivity contribution in [3.8, 4) is 0 Å². The fraction of sp³-hybridized carbons (Fsp3) is 0.300. The SMILES string of the molecule is Cc1noc(C)c1C(=O)NC(c1ccc(C(C)C)cc1)c1cccs1. The number of thiophene rings is 1. The summed E-state index contributed by atoms with van der Waals surface area (Å²) in [6, 6.07) is 12.3. The molecule has 0 aliphatic carbocycles. The van der Waals surface area contributed by atoms with E-state index < -0.39 is 0 Å². The average molecular weight is 354 g/mol. The van der Waals surface area contributed by atoms with Gasteiger partial charge in [0.2, 0.25) is 0 Å². The summed E-state index contributed by atoms with van der Waals surface area (Å²) >= 11 is 1.63. The molecule has 25 heavy (non-hydrogen) atoms. The minimum absolute atomic E-state index is 0.164. The van der Waals surface area contributed by atoms with Crippen LogP contribution in [0.3, 0.4) is 0 Å². The van der Waals surface area contributed by atoms with Crippen LogP contribution in [0.25, 0.3) is 0 Å². The lowest BCUT2D eigenvalue weighted by Gasteiger charge is -2.19. The molecule has 0 spiro atoms. The average Bonchev–Trinajstić information content (AvgIpc) is 3.23. The quantitative estimate of drug-likeness (QED) is 0.702. The number of rotatable bonds is 5. The molecule has 0 bridgehead atoms. The Balaban J connectivity index is 1.92. The van der Waals surface area contributed by atoms with E-state index in [1.54, 1.807) is 25.2 Å². The molecule has 130 valence electrons. The van der Waals surface area contributed by atoms with Crippen LogP contribution in [0.4, 0.5) is 0 Å². The Morgan fingerprint density at radius 1 is 1.12 bits per heavy atom. The van der Waals surface area contributed by atoms with Gasteiger partial charge in [-0.1, -0.05) is 49.3 Å². The number of carbonyl (C=O) groups is 1. The third-order valence-electron chi connectivity index (χ3n) is 4.30. The van der Waals surface area contributed by atoms with E-state index in [4.69, 9.17) is 4.52 Å². The molecule has 0 saturated heterocycles. The van der Waals surface area contributed by atoms with Gasteiger partial charge in [-0.25, -0.2) is 0 Å². The fourth-order valence-corrected chi connectivity index (χ4v) is 3.66. The monoisotopic (exact) mass is 354 g/mol. The number of aromatic nitrogens is 1. The third-order valence-corrected chi connectivity index (χ3v) is 5.24. The highest BCUT2D eigenvalue weighted by atomic mass is 32.1. The van der Waals surface area contributed by atoms with Gasteiger partial charge in [0.05, 0.1) is 11.7 Å². The van der Waals surface area contributed by atoms with Gasteiger partial charge in [0, 0.05) is 4.88 Å². The van der Waals surface area contributed by atoms with E-state index in [0.29, 0.717) is 22.9 Å². The number of hydrogen-bond donors (Lipinski definition) is 1. The molecule has 5 heteroatoms. The first-order chi connectivity index (χ1) is 12.0. The number of nitrogens with one attached hydrogen (secondary N) is 1. The molecule has 0 radical (unpaired) electrons. The molecule has 2 heterocycles. The van der Waals surface area contributed by atoms with Crippen LogP contribution in [0, 0.1) is 13.8 Å². The highest BCUT2D eigenvalue weighted by Crippen LogP contribution is 2.28. The Morgan fingerprint density at radius 3 is 2.32 bits per heavy atom. The molecule has 1 N–H and O–H groups in total. The number of hydrogen-bond acceptors (Lipinski definition) is 4. The first kappa shape index (κ1) is 17.4. The summed E-state index contributed by atoms with van der Waals surface area (Å²) < 4.78 is 5.13. The predicted molar refractivity (Wildman–Crippen MR) is 100 cm³/mol. The number of benzene rings is 1. The Morgan fingerprint density at radius 2 is 1.80 bits per heavy atom. The van der Waals surface area contributed by atoms with Crippen LogP contribution in [0.1, 0.15) is 63.6 Å². The van der Waals surface area contributed by atoms with Gasteiger partial charge < -0.3 is 9.84 Å². The van der Waals surface area contributed by atoms with Crippen molar-refractivity contribution in [3.05, 3.63) is 74.8 Å². The molecule has 1 aromatic carbocycles. The Hall–Kier alpha value is -2.40. The molecule has 0 aliphatic rings. The van der Waals surface area contributed by atoms with Crippen LogP contribution in [0.5, 0.6) is 0 Å². The zero-order valence-electron chi connectivity index (χ0n) is 14.9. The van der Waals surface area contributed by atoms with Crippen LogP contribution in [0.15, 0.2) is 46.3 Å². The van der Waals surface area contributed by atoms with Crippen molar-refractivity contribution in [1.82, 2.24) is 10.5 Å². The fourth-order valence-electron chi connectivity index (χ4n) is 2.86. The summed E-state index contributed by atoms with van der Waals surface area (Å²) in [4.78, 5) is 13.9. The van der Waals surface area contributed by atoms with Crippen LogP contribution in [-0.2, 0) is 0 Å². The van der Waals surface area contributed by atoms with Crippen molar-refractivity contribution in [2.45, 2.75) is 39.7 Å². The summed E-state index contributed by atoms with van der Waals surface area (Å²) in [5.74, 6) is 0.851. The maximum absolute atomic E-state index is 12.8. The second kappa shape index (κ2) is 7.23. The lowest BCUT2D eigenvalue weighted by Crippen LogP contribution is -2.29. The molecule has 4 nitrogen and oxygen atoms in total. The first-order valence-electron chi connectivity index (χ1n) is 8.34. The second-order valence-electron chi connectivity index (χ2n) is 6.44. The predicted octanol–water partition coefficient (Wildman–Crippen LogP) is 5.00. The zero-order valence-corrected chi connectivity index (χ0v) is 15.7. The van der Waals surface area contributed by atoms with E-state index in [9.17, 15) is 4.79 Å². The summed E-state index contributed by atoms with van der Waals surface area (Å²) in [7, 11) is 0. The van der Waals surface area contributed by atoms with Crippen LogP contribution < -0.4 is 5.32 Å². The van der Waals surface area contributed by atoms with E-state index in [2.05, 4.69) is 48.6 Å². The van der Waals surface area contributed by atoms with Gasteiger partial charge in [-0.15, -0.1) is 11.3 Å². The molecule has 1 unspecified atom stereocenters. The molecule has 1 atom stereocenters. The highest BCUT2D eigenvalue weighted by molar-refractivity contribution is 7.10. The van der Waals surface area contributed by atoms with Crippen LogP contribution in [0.2, 0.25) is 0 Å². The first-order valence-corrected chi connectivity index (χ1v) is 9.22. The largest absolute Gasteiger partial charge is 0.361 e. The minimum atomic E-state index is -0.192. The molecular formula is C20H22N2O2S. The van der Waals surface area contributed by atoms with Crippen molar-refractivity contribution in [3.63, 3.8) is 0 Å². The summed E-state index contributed by atoms with van der Waals surface area (Å²) in [5, 5.41) is 9.04. The Bertz CT molecular complexity index is 829. The van der Waals surface area contributed by atoms with E-state index in [0.717, 1.165) is 10.4 Å². The van der Waals surface area contributed by atoms with Crippen molar-refractivity contribution < 1.29 is 9.32 Å². The van der Waals surface area contributed by atoms with Crippen LogP contribution >= 0.6 is 11.3 Å². The summed E-state index contributed by atoms with van der Waals surface area (Å²) in [6.45, 7) is 7.88. The smallest absolute Gasteiger partial charge is 0.257 e. The lowest BCUT2D eigenvalue weighted by molar-refractivity contribution is 0.0941. The number of nitrogens with zero attached hydrogens (tertiary/aromatic N) is 1. The molecule has 0 aliphatic heterocycles. The maximum Gasteiger partial charge on any atom is 0.257 e. The van der Waals surface area contributed by atoms with Gasteiger partial charge >= 0.3 is 0 Å². The van der Waals surface area contributed by atoms with Gasteiger partial charge in [-0.2, -0.15) is 0 Å². The molecule has 3 aromatic rings.